The number of methoxy groups -OCH3 is 1. The molecule has 4 nitrogen and oxygen atoms in total. The molecule has 18 heavy (non-hydrogen) atoms. The number of ether oxygens (including phenoxy) is 1. The quantitative estimate of drug-likeness (QED) is 0.661. The maximum atomic E-state index is 11.1. The maximum Gasteiger partial charge on any atom is 0.170 e. The van der Waals surface area contributed by atoms with Crippen LogP contribution in [-0.2, 0) is 11.5 Å². The summed E-state index contributed by atoms with van der Waals surface area (Å²) in [6.07, 6.45) is 2.45. The van der Waals surface area contributed by atoms with Gasteiger partial charge in [0.05, 0.1) is 11.0 Å². The number of aromatic nitrogens is 2. The second kappa shape index (κ2) is 4.23. The standard InChI is InChI=1S/C14H12N2O2/c1-18-9-16-13-5-3-2-4-10(13)11-6-7-15-12(8-17)14(11)16/h2-8H,9H2,1H3. The average Bonchev–Trinajstić information content (AvgIpc) is 2.74. The Kier molecular flexibility index (Phi) is 2.57. The van der Waals surface area contributed by atoms with Crippen molar-refractivity contribution in [3.8, 4) is 0 Å². The lowest BCUT2D eigenvalue weighted by atomic mass is 10.2. The molecule has 2 aromatic heterocycles. The Hall–Kier alpha value is -2.20. The zero-order valence-electron chi connectivity index (χ0n) is 9.96. The van der Waals surface area contributed by atoms with Crippen molar-refractivity contribution in [1.29, 1.82) is 0 Å². The van der Waals surface area contributed by atoms with Crippen molar-refractivity contribution in [3.05, 3.63) is 42.2 Å². The zero-order valence-corrected chi connectivity index (χ0v) is 9.96. The minimum Gasteiger partial charge on any atom is -0.364 e. The second-order valence-corrected chi connectivity index (χ2v) is 4.07. The van der Waals surface area contributed by atoms with E-state index in [1.165, 1.54) is 0 Å². The third-order valence-corrected chi connectivity index (χ3v) is 3.08. The van der Waals surface area contributed by atoms with Gasteiger partial charge in [0.25, 0.3) is 0 Å². The lowest BCUT2D eigenvalue weighted by molar-refractivity contribution is 0.111. The van der Waals surface area contributed by atoms with Gasteiger partial charge in [-0.15, -0.1) is 0 Å². The van der Waals surface area contributed by atoms with E-state index in [9.17, 15) is 4.79 Å². The molecule has 0 aliphatic rings. The molecule has 3 rings (SSSR count). The van der Waals surface area contributed by atoms with Gasteiger partial charge >= 0.3 is 0 Å². The molecule has 0 amide bonds. The first-order valence-corrected chi connectivity index (χ1v) is 5.67. The summed E-state index contributed by atoms with van der Waals surface area (Å²) in [5.74, 6) is 0. The number of hydrogen-bond acceptors (Lipinski definition) is 3. The van der Waals surface area contributed by atoms with Crippen molar-refractivity contribution >= 4 is 28.1 Å². The number of para-hydroxylation sites is 1. The monoisotopic (exact) mass is 240 g/mol. The highest BCUT2D eigenvalue weighted by Gasteiger charge is 2.13. The Morgan fingerprint density at radius 3 is 2.89 bits per heavy atom. The van der Waals surface area contributed by atoms with E-state index in [0.29, 0.717) is 12.4 Å². The number of pyridine rings is 1. The highest BCUT2D eigenvalue weighted by molar-refractivity contribution is 6.11. The lowest BCUT2D eigenvalue weighted by Gasteiger charge is -2.06. The van der Waals surface area contributed by atoms with Crippen LogP contribution in [0.15, 0.2) is 36.5 Å². The van der Waals surface area contributed by atoms with E-state index in [-0.39, 0.29) is 0 Å². The molecule has 0 atom stereocenters. The van der Waals surface area contributed by atoms with E-state index in [0.717, 1.165) is 28.1 Å². The molecule has 2 heterocycles. The molecule has 0 spiro atoms. The van der Waals surface area contributed by atoms with Gasteiger partial charge in [-0.05, 0) is 12.1 Å². The first-order chi connectivity index (χ1) is 8.86. The fourth-order valence-electron chi connectivity index (χ4n) is 2.38. The fraction of sp³-hybridized carbons (Fsp3) is 0.143. The van der Waals surface area contributed by atoms with Crippen LogP contribution >= 0.6 is 0 Å². The smallest absolute Gasteiger partial charge is 0.170 e. The Bertz CT molecular complexity index is 731. The van der Waals surface area contributed by atoms with Crippen LogP contribution in [0.3, 0.4) is 0 Å². The van der Waals surface area contributed by atoms with Crippen LogP contribution in [0, 0.1) is 0 Å². The summed E-state index contributed by atoms with van der Waals surface area (Å²) in [5, 5.41) is 2.13. The molecule has 4 heteroatoms. The number of carbonyl (C=O) groups excluding carboxylic acids is 1. The van der Waals surface area contributed by atoms with E-state index < -0.39 is 0 Å². The molecule has 0 bridgehead atoms. The molecule has 0 fully saturated rings. The Morgan fingerprint density at radius 1 is 1.28 bits per heavy atom. The summed E-state index contributed by atoms with van der Waals surface area (Å²) in [4.78, 5) is 15.3. The zero-order chi connectivity index (χ0) is 12.5. The van der Waals surface area contributed by atoms with E-state index in [2.05, 4.69) is 4.98 Å². The number of nitrogens with zero attached hydrogens (tertiary/aromatic N) is 2. The van der Waals surface area contributed by atoms with Gasteiger partial charge in [0, 0.05) is 24.1 Å². The molecule has 1 aromatic carbocycles. The largest absolute Gasteiger partial charge is 0.364 e. The third-order valence-electron chi connectivity index (χ3n) is 3.08. The number of rotatable bonds is 3. The molecule has 0 aliphatic heterocycles. The minimum absolute atomic E-state index is 0.399. The summed E-state index contributed by atoms with van der Waals surface area (Å²) < 4.78 is 7.19. The molecule has 3 aromatic rings. The molecule has 0 saturated carbocycles. The van der Waals surface area contributed by atoms with Crippen molar-refractivity contribution in [2.24, 2.45) is 0 Å². The minimum atomic E-state index is 0.399. The molecule has 0 aliphatic carbocycles. The third kappa shape index (κ3) is 1.43. The fourth-order valence-corrected chi connectivity index (χ4v) is 2.38. The second-order valence-electron chi connectivity index (χ2n) is 4.07. The van der Waals surface area contributed by atoms with Crippen LogP contribution in [0.25, 0.3) is 21.8 Å². The molecular weight excluding hydrogens is 228 g/mol. The van der Waals surface area contributed by atoms with Crippen LogP contribution in [0.4, 0.5) is 0 Å². The van der Waals surface area contributed by atoms with Gasteiger partial charge in [-0.3, -0.25) is 9.78 Å². The number of fused-ring (bicyclic) bond motifs is 3. The molecule has 0 radical (unpaired) electrons. The van der Waals surface area contributed by atoms with Crippen LogP contribution in [0.2, 0.25) is 0 Å². The molecule has 0 saturated heterocycles. The summed E-state index contributed by atoms with van der Waals surface area (Å²) >= 11 is 0. The first-order valence-electron chi connectivity index (χ1n) is 5.67. The lowest BCUT2D eigenvalue weighted by Crippen LogP contribution is -2.02. The van der Waals surface area contributed by atoms with Crippen molar-refractivity contribution in [3.63, 3.8) is 0 Å². The normalized spacial score (nSPS) is 11.2. The van der Waals surface area contributed by atoms with Crippen molar-refractivity contribution in [2.45, 2.75) is 6.73 Å². The van der Waals surface area contributed by atoms with E-state index in [4.69, 9.17) is 4.74 Å². The number of carbonyl (C=O) groups is 1. The first kappa shape index (κ1) is 10.9. The van der Waals surface area contributed by atoms with E-state index in [1.807, 2.05) is 34.9 Å². The number of hydrogen-bond donors (Lipinski definition) is 0. The van der Waals surface area contributed by atoms with Crippen LogP contribution in [-0.4, -0.2) is 22.9 Å². The maximum absolute atomic E-state index is 11.1. The van der Waals surface area contributed by atoms with Crippen LogP contribution < -0.4 is 0 Å². The predicted molar refractivity (Wildman–Crippen MR) is 69.6 cm³/mol. The molecular formula is C14H12N2O2. The molecule has 90 valence electrons. The van der Waals surface area contributed by atoms with E-state index >= 15 is 0 Å². The highest BCUT2D eigenvalue weighted by atomic mass is 16.5. The molecule has 0 unspecified atom stereocenters. The van der Waals surface area contributed by atoms with Gasteiger partial charge in [-0.25, -0.2) is 0 Å². The van der Waals surface area contributed by atoms with Crippen molar-refractivity contribution in [1.82, 2.24) is 9.55 Å². The van der Waals surface area contributed by atoms with Crippen LogP contribution in [0.1, 0.15) is 10.5 Å². The Balaban J connectivity index is 2.53. The summed E-state index contributed by atoms with van der Waals surface area (Å²) in [5.41, 5.74) is 2.32. The van der Waals surface area contributed by atoms with Gasteiger partial charge in [-0.1, -0.05) is 18.2 Å². The molecule has 0 N–H and O–H groups in total. The highest BCUT2D eigenvalue weighted by Crippen LogP contribution is 2.29. The van der Waals surface area contributed by atoms with Gasteiger partial charge in [0.15, 0.2) is 6.29 Å². The Morgan fingerprint density at radius 2 is 2.11 bits per heavy atom. The van der Waals surface area contributed by atoms with Gasteiger partial charge in [-0.2, -0.15) is 0 Å². The number of benzene rings is 1. The number of aldehydes is 1. The Labute approximate surface area is 104 Å². The van der Waals surface area contributed by atoms with Gasteiger partial charge in [0.2, 0.25) is 0 Å². The SMILES string of the molecule is COCn1c2ccccc2c2ccnc(C=O)c21. The van der Waals surface area contributed by atoms with Gasteiger partial charge < -0.3 is 9.30 Å². The van der Waals surface area contributed by atoms with Crippen LogP contribution in [0.5, 0.6) is 0 Å². The summed E-state index contributed by atoms with van der Waals surface area (Å²) in [6.45, 7) is 0.399. The predicted octanol–water partition coefficient (Wildman–Crippen LogP) is 2.61. The van der Waals surface area contributed by atoms with Crippen molar-refractivity contribution in [2.75, 3.05) is 7.11 Å². The topological polar surface area (TPSA) is 44.1 Å². The van der Waals surface area contributed by atoms with Gasteiger partial charge in [0.1, 0.15) is 12.4 Å². The van der Waals surface area contributed by atoms with Crippen molar-refractivity contribution < 1.29 is 9.53 Å². The summed E-state index contributed by atoms with van der Waals surface area (Å²) in [7, 11) is 1.64. The summed E-state index contributed by atoms with van der Waals surface area (Å²) in [6, 6.07) is 9.94. The van der Waals surface area contributed by atoms with E-state index in [1.54, 1.807) is 13.3 Å². The average molecular weight is 240 g/mol.